The van der Waals surface area contributed by atoms with Crippen LogP contribution in [0, 0.1) is 0 Å². The third-order valence-corrected chi connectivity index (χ3v) is 5.78. The van der Waals surface area contributed by atoms with Crippen LogP contribution in [0.15, 0.2) is 42.6 Å². The molecule has 1 saturated heterocycles. The fourth-order valence-corrected chi connectivity index (χ4v) is 4.28. The van der Waals surface area contributed by atoms with E-state index in [9.17, 15) is 14.4 Å². The molecular weight excluding hydrogens is 384 g/mol. The van der Waals surface area contributed by atoms with Crippen LogP contribution in [0.4, 0.5) is 11.5 Å². The van der Waals surface area contributed by atoms with Crippen LogP contribution in [0.3, 0.4) is 0 Å². The number of ether oxygens (including phenoxy) is 1. The van der Waals surface area contributed by atoms with E-state index < -0.39 is 5.66 Å². The summed E-state index contributed by atoms with van der Waals surface area (Å²) in [6.45, 7) is 2.30. The lowest BCUT2D eigenvalue weighted by atomic mass is 9.98. The summed E-state index contributed by atoms with van der Waals surface area (Å²) in [5, 5.41) is 2.75. The molecule has 30 heavy (non-hydrogen) atoms. The van der Waals surface area contributed by atoms with Gasteiger partial charge in [-0.25, -0.2) is 4.98 Å². The van der Waals surface area contributed by atoms with Gasteiger partial charge in [0.05, 0.1) is 18.4 Å². The van der Waals surface area contributed by atoms with E-state index in [2.05, 4.69) is 10.3 Å². The number of para-hydroxylation sites is 1. The van der Waals surface area contributed by atoms with Crippen molar-refractivity contribution < 1.29 is 19.1 Å². The van der Waals surface area contributed by atoms with Gasteiger partial charge in [-0.05, 0) is 44.0 Å². The van der Waals surface area contributed by atoms with Crippen LogP contribution in [-0.2, 0) is 9.59 Å². The Morgan fingerprint density at radius 2 is 2.03 bits per heavy atom. The number of hydrogen-bond acceptors (Lipinski definition) is 5. The van der Waals surface area contributed by atoms with Gasteiger partial charge in [0.25, 0.3) is 5.91 Å². The number of fused-ring (bicyclic) bond motifs is 3. The van der Waals surface area contributed by atoms with Crippen molar-refractivity contribution in [2.24, 2.45) is 0 Å². The van der Waals surface area contributed by atoms with Crippen molar-refractivity contribution in [3.8, 4) is 5.75 Å². The molecule has 0 aliphatic carbocycles. The Bertz CT molecular complexity index is 1010. The van der Waals surface area contributed by atoms with Crippen molar-refractivity contribution >= 4 is 29.2 Å². The van der Waals surface area contributed by atoms with Gasteiger partial charge >= 0.3 is 0 Å². The van der Waals surface area contributed by atoms with Gasteiger partial charge in [-0.15, -0.1) is 0 Å². The molecule has 0 spiro atoms. The lowest BCUT2D eigenvalue weighted by Gasteiger charge is -2.48. The Labute approximate surface area is 174 Å². The third kappa shape index (κ3) is 3.28. The monoisotopic (exact) mass is 408 g/mol. The number of benzene rings is 1. The second kappa shape index (κ2) is 7.78. The standard InChI is InChI=1S/C22H24N4O4/c1-22-12-11-19(28)26(22)16-8-4-3-7-15(16)21(29)25(22)14-6-10-18(27)24-20-17(30-2)9-5-13-23-20/h3-5,7-9,13H,6,10-12,14H2,1-2H3,(H,23,24,27). The topological polar surface area (TPSA) is 91.8 Å². The molecule has 2 aliphatic heterocycles. The molecule has 8 heteroatoms. The summed E-state index contributed by atoms with van der Waals surface area (Å²) in [4.78, 5) is 45.7. The van der Waals surface area contributed by atoms with E-state index >= 15 is 0 Å². The Morgan fingerprint density at radius 1 is 1.23 bits per heavy atom. The Hall–Kier alpha value is -3.42. The number of carbonyl (C=O) groups excluding carboxylic acids is 3. The highest BCUT2D eigenvalue weighted by Gasteiger charge is 2.52. The first-order valence-corrected chi connectivity index (χ1v) is 9.98. The molecule has 1 atom stereocenters. The molecule has 2 aromatic rings. The molecule has 0 bridgehead atoms. The van der Waals surface area contributed by atoms with E-state index in [0.717, 1.165) is 0 Å². The maximum atomic E-state index is 13.2. The molecule has 1 aromatic heterocycles. The van der Waals surface area contributed by atoms with Crippen LogP contribution >= 0.6 is 0 Å². The summed E-state index contributed by atoms with van der Waals surface area (Å²) in [5.41, 5.74) is 0.486. The van der Waals surface area contributed by atoms with Gasteiger partial charge < -0.3 is 15.0 Å². The average Bonchev–Trinajstić information content (AvgIpc) is 3.06. The molecule has 3 heterocycles. The molecule has 0 radical (unpaired) electrons. The molecular formula is C22H24N4O4. The number of nitrogens with one attached hydrogen (secondary N) is 1. The zero-order valence-corrected chi connectivity index (χ0v) is 17.1. The number of rotatable bonds is 6. The number of amides is 3. The molecule has 2 aliphatic rings. The second-order valence-corrected chi connectivity index (χ2v) is 7.63. The minimum atomic E-state index is -0.705. The first kappa shape index (κ1) is 19.9. The first-order chi connectivity index (χ1) is 14.5. The Balaban J connectivity index is 1.46. The maximum Gasteiger partial charge on any atom is 0.257 e. The predicted molar refractivity (Wildman–Crippen MR) is 111 cm³/mol. The van der Waals surface area contributed by atoms with Crippen molar-refractivity contribution in [1.29, 1.82) is 0 Å². The SMILES string of the molecule is COc1cccnc1NC(=O)CCCN1C(=O)c2ccccc2N2C(=O)CCC12C. The summed E-state index contributed by atoms with van der Waals surface area (Å²) in [6.07, 6.45) is 3.23. The molecule has 4 rings (SSSR count). The van der Waals surface area contributed by atoms with E-state index in [1.165, 1.54) is 7.11 Å². The van der Waals surface area contributed by atoms with Crippen LogP contribution in [0.25, 0.3) is 0 Å². The van der Waals surface area contributed by atoms with Crippen molar-refractivity contribution in [1.82, 2.24) is 9.88 Å². The van der Waals surface area contributed by atoms with E-state index in [-0.39, 0.29) is 24.1 Å². The zero-order chi connectivity index (χ0) is 21.3. The van der Waals surface area contributed by atoms with Crippen LogP contribution in [0.2, 0.25) is 0 Å². The second-order valence-electron chi connectivity index (χ2n) is 7.63. The fraction of sp³-hybridized carbons (Fsp3) is 0.364. The fourth-order valence-electron chi connectivity index (χ4n) is 4.28. The minimum Gasteiger partial charge on any atom is -0.493 e. The number of carbonyl (C=O) groups is 3. The van der Waals surface area contributed by atoms with Crippen LogP contribution in [-0.4, -0.2) is 46.9 Å². The van der Waals surface area contributed by atoms with Gasteiger partial charge in [-0.1, -0.05) is 12.1 Å². The molecule has 1 N–H and O–H groups in total. The number of nitrogens with zero attached hydrogens (tertiary/aromatic N) is 3. The van der Waals surface area contributed by atoms with E-state index in [1.54, 1.807) is 40.3 Å². The smallest absolute Gasteiger partial charge is 0.257 e. The van der Waals surface area contributed by atoms with Gasteiger partial charge in [0.2, 0.25) is 11.8 Å². The highest BCUT2D eigenvalue weighted by Crippen LogP contribution is 2.44. The summed E-state index contributed by atoms with van der Waals surface area (Å²) in [6, 6.07) is 10.6. The van der Waals surface area contributed by atoms with Crippen molar-refractivity contribution in [2.45, 2.75) is 38.3 Å². The molecule has 1 fully saturated rings. The number of methoxy groups -OCH3 is 1. The largest absolute Gasteiger partial charge is 0.493 e. The van der Waals surface area contributed by atoms with Gasteiger partial charge in [0.15, 0.2) is 11.6 Å². The molecule has 8 nitrogen and oxygen atoms in total. The van der Waals surface area contributed by atoms with Crippen molar-refractivity contribution in [3.63, 3.8) is 0 Å². The van der Waals surface area contributed by atoms with Gasteiger partial charge in [-0.2, -0.15) is 0 Å². The molecule has 3 amide bonds. The van der Waals surface area contributed by atoms with Gasteiger partial charge in [-0.3, -0.25) is 19.3 Å². The summed E-state index contributed by atoms with van der Waals surface area (Å²) in [5.74, 6) is 0.559. The number of anilines is 2. The quantitative estimate of drug-likeness (QED) is 0.794. The minimum absolute atomic E-state index is 0.0161. The van der Waals surface area contributed by atoms with E-state index in [0.29, 0.717) is 48.6 Å². The van der Waals surface area contributed by atoms with Gasteiger partial charge in [0.1, 0.15) is 5.66 Å². The normalized spacial score (nSPS) is 20.1. The molecule has 1 unspecified atom stereocenters. The van der Waals surface area contributed by atoms with E-state index in [4.69, 9.17) is 4.74 Å². The highest BCUT2D eigenvalue weighted by atomic mass is 16.5. The van der Waals surface area contributed by atoms with Gasteiger partial charge in [0, 0.05) is 25.6 Å². The molecule has 156 valence electrons. The van der Waals surface area contributed by atoms with Crippen molar-refractivity contribution in [3.05, 3.63) is 48.2 Å². The maximum absolute atomic E-state index is 13.2. The average molecular weight is 408 g/mol. The Kier molecular flexibility index (Phi) is 5.15. The van der Waals surface area contributed by atoms with Crippen LogP contribution < -0.4 is 15.0 Å². The van der Waals surface area contributed by atoms with Crippen molar-refractivity contribution in [2.75, 3.05) is 23.9 Å². The lowest BCUT2D eigenvalue weighted by Crippen LogP contribution is -2.62. The summed E-state index contributed by atoms with van der Waals surface area (Å²) >= 11 is 0. The molecule has 0 saturated carbocycles. The summed E-state index contributed by atoms with van der Waals surface area (Å²) in [7, 11) is 1.52. The number of hydrogen-bond donors (Lipinski definition) is 1. The Morgan fingerprint density at radius 3 is 2.83 bits per heavy atom. The first-order valence-electron chi connectivity index (χ1n) is 9.98. The third-order valence-electron chi connectivity index (χ3n) is 5.78. The summed E-state index contributed by atoms with van der Waals surface area (Å²) < 4.78 is 5.20. The molecule has 1 aromatic carbocycles. The predicted octanol–water partition coefficient (Wildman–Crippen LogP) is 2.81. The number of pyridine rings is 1. The van der Waals surface area contributed by atoms with Crippen LogP contribution in [0.1, 0.15) is 43.0 Å². The lowest BCUT2D eigenvalue weighted by molar-refractivity contribution is -0.118. The number of aromatic nitrogens is 1. The highest BCUT2D eigenvalue weighted by molar-refractivity contribution is 6.10. The van der Waals surface area contributed by atoms with E-state index in [1.807, 2.05) is 19.1 Å². The zero-order valence-electron chi connectivity index (χ0n) is 17.1. The van der Waals surface area contributed by atoms with Crippen LogP contribution in [0.5, 0.6) is 5.75 Å².